The minimum Gasteiger partial charge on any atom is -0.394 e. The Labute approximate surface area is 162 Å². The number of nitrogens with one attached hydrogen (secondary N) is 2. The summed E-state index contributed by atoms with van der Waals surface area (Å²) in [6.45, 7) is 3.23. The Bertz CT molecular complexity index is 970. The molecule has 9 heteroatoms. The normalized spacial score (nSPS) is 14.8. The van der Waals surface area contributed by atoms with Crippen LogP contribution in [0.5, 0.6) is 0 Å². The van der Waals surface area contributed by atoms with Crippen molar-refractivity contribution >= 4 is 23.2 Å². The Kier molecular flexibility index (Phi) is 4.90. The highest BCUT2D eigenvalue weighted by molar-refractivity contribution is 5.94. The maximum Gasteiger partial charge on any atom is 0.321 e. The van der Waals surface area contributed by atoms with E-state index >= 15 is 0 Å². The van der Waals surface area contributed by atoms with Crippen LogP contribution in [-0.2, 0) is 0 Å². The summed E-state index contributed by atoms with van der Waals surface area (Å²) in [6, 6.07) is 9.20. The van der Waals surface area contributed by atoms with E-state index in [1.807, 2.05) is 37.4 Å². The van der Waals surface area contributed by atoms with Crippen LogP contribution >= 0.6 is 0 Å². The van der Waals surface area contributed by atoms with Gasteiger partial charge >= 0.3 is 6.03 Å². The van der Waals surface area contributed by atoms with Gasteiger partial charge in [-0.3, -0.25) is 9.58 Å². The van der Waals surface area contributed by atoms with Gasteiger partial charge in [0, 0.05) is 36.7 Å². The molecule has 3 N–H and O–H groups in total. The van der Waals surface area contributed by atoms with Gasteiger partial charge in [0.1, 0.15) is 5.82 Å². The van der Waals surface area contributed by atoms with Gasteiger partial charge in [0.05, 0.1) is 24.5 Å². The number of amides is 2. The number of anilines is 3. The highest BCUT2D eigenvalue weighted by atomic mass is 16.3. The number of hydrogen-bond acceptors (Lipinski definition) is 6. The molecule has 1 aliphatic rings. The zero-order valence-corrected chi connectivity index (χ0v) is 15.4. The van der Waals surface area contributed by atoms with Gasteiger partial charge in [-0.25, -0.2) is 14.8 Å². The van der Waals surface area contributed by atoms with Crippen molar-refractivity contribution in [1.82, 2.24) is 25.1 Å². The van der Waals surface area contributed by atoms with Gasteiger partial charge in [-0.15, -0.1) is 0 Å². The molecule has 1 saturated heterocycles. The third-order valence-electron chi connectivity index (χ3n) is 4.54. The molecule has 28 heavy (non-hydrogen) atoms. The topological polar surface area (TPSA) is 108 Å². The summed E-state index contributed by atoms with van der Waals surface area (Å²) in [5, 5.41) is 19.4. The SMILES string of the molecule is CC(CO)n1cc(Nc2ccnc(-c3ccc(N4CCNC4=O)cc3)n2)cn1. The van der Waals surface area contributed by atoms with Crippen LogP contribution in [0.4, 0.5) is 22.0 Å². The fraction of sp³-hybridized carbons (Fsp3) is 0.263. The maximum absolute atomic E-state index is 11.8. The molecule has 1 aromatic carbocycles. The van der Waals surface area contributed by atoms with Crippen LogP contribution in [0, 0.1) is 0 Å². The quantitative estimate of drug-likeness (QED) is 0.606. The van der Waals surface area contributed by atoms with Crippen molar-refractivity contribution in [1.29, 1.82) is 0 Å². The number of rotatable bonds is 6. The van der Waals surface area contributed by atoms with Crippen LogP contribution < -0.4 is 15.5 Å². The van der Waals surface area contributed by atoms with Gasteiger partial charge in [-0.05, 0) is 37.3 Å². The molecule has 0 saturated carbocycles. The maximum atomic E-state index is 11.8. The minimum absolute atomic E-state index is 0.0217. The van der Waals surface area contributed by atoms with Gasteiger partial charge in [-0.2, -0.15) is 5.10 Å². The summed E-state index contributed by atoms with van der Waals surface area (Å²) < 4.78 is 1.69. The highest BCUT2D eigenvalue weighted by Gasteiger charge is 2.20. The number of aromatic nitrogens is 4. The fourth-order valence-electron chi connectivity index (χ4n) is 2.95. The predicted octanol–water partition coefficient (Wildman–Crippen LogP) is 2.17. The average molecular weight is 379 g/mol. The molecule has 3 heterocycles. The summed E-state index contributed by atoms with van der Waals surface area (Å²) >= 11 is 0. The first kappa shape index (κ1) is 17.9. The molecular weight excluding hydrogens is 358 g/mol. The van der Waals surface area contributed by atoms with Gasteiger partial charge < -0.3 is 15.7 Å². The van der Waals surface area contributed by atoms with Crippen molar-refractivity contribution in [3.63, 3.8) is 0 Å². The van der Waals surface area contributed by atoms with E-state index in [0.29, 0.717) is 24.7 Å². The van der Waals surface area contributed by atoms with Crippen LogP contribution in [-0.4, -0.2) is 50.6 Å². The van der Waals surface area contributed by atoms with E-state index < -0.39 is 0 Å². The zero-order valence-electron chi connectivity index (χ0n) is 15.4. The van der Waals surface area contributed by atoms with E-state index in [2.05, 4.69) is 25.7 Å². The third kappa shape index (κ3) is 3.65. The van der Waals surface area contributed by atoms with Crippen LogP contribution in [0.3, 0.4) is 0 Å². The smallest absolute Gasteiger partial charge is 0.321 e. The van der Waals surface area contributed by atoms with Crippen molar-refractivity contribution in [2.24, 2.45) is 0 Å². The average Bonchev–Trinajstić information content (AvgIpc) is 3.37. The van der Waals surface area contributed by atoms with Gasteiger partial charge in [0.2, 0.25) is 0 Å². The van der Waals surface area contributed by atoms with Crippen LogP contribution in [0.1, 0.15) is 13.0 Å². The largest absolute Gasteiger partial charge is 0.394 e. The molecule has 0 radical (unpaired) electrons. The minimum atomic E-state index is -0.0901. The molecule has 1 fully saturated rings. The van der Waals surface area contributed by atoms with Gasteiger partial charge in [0.25, 0.3) is 0 Å². The van der Waals surface area contributed by atoms with E-state index in [1.165, 1.54) is 0 Å². The number of hydrogen-bond donors (Lipinski definition) is 3. The first-order chi connectivity index (χ1) is 13.6. The number of aliphatic hydroxyl groups is 1. The lowest BCUT2D eigenvalue weighted by Gasteiger charge is -2.14. The second-order valence-electron chi connectivity index (χ2n) is 6.56. The zero-order chi connectivity index (χ0) is 19.5. The molecule has 0 bridgehead atoms. The molecule has 144 valence electrons. The molecule has 3 aromatic rings. The number of nitrogens with zero attached hydrogens (tertiary/aromatic N) is 5. The van der Waals surface area contributed by atoms with Crippen molar-refractivity contribution in [3.05, 3.63) is 48.9 Å². The molecule has 2 amide bonds. The number of carbonyl (C=O) groups is 1. The monoisotopic (exact) mass is 379 g/mol. The van der Waals surface area contributed by atoms with Gasteiger partial charge in [0.15, 0.2) is 5.82 Å². The lowest BCUT2D eigenvalue weighted by atomic mass is 10.2. The molecule has 4 rings (SSSR count). The predicted molar refractivity (Wildman–Crippen MR) is 106 cm³/mol. The van der Waals surface area contributed by atoms with Gasteiger partial charge in [-0.1, -0.05) is 0 Å². The summed E-state index contributed by atoms with van der Waals surface area (Å²) in [5.74, 6) is 1.22. The molecular formula is C19H21N7O2. The van der Waals surface area contributed by atoms with Crippen molar-refractivity contribution in [2.75, 3.05) is 29.9 Å². The lowest BCUT2D eigenvalue weighted by Crippen LogP contribution is -2.27. The molecule has 1 unspecified atom stereocenters. The Morgan fingerprint density at radius 3 is 2.82 bits per heavy atom. The number of carbonyl (C=O) groups excluding carboxylic acids is 1. The highest BCUT2D eigenvalue weighted by Crippen LogP contribution is 2.23. The Balaban J connectivity index is 1.50. The standard InChI is InChI=1S/C19H21N7O2/c1-13(12-27)26-11-15(10-22-26)23-17-6-7-20-18(24-17)14-2-4-16(5-3-14)25-9-8-21-19(25)28/h2-7,10-11,13,27H,8-9,12H2,1H3,(H,21,28)(H,20,23,24). The van der Waals surface area contributed by atoms with E-state index in [0.717, 1.165) is 16.9 Å². The number of urea groups is 1. The first-order valence-electron chi connectivity index (χ1n) is 9.05. The number of benzene rings is 1. The molecule has 1 atom stereocenters. The first-order valence-corrected chi connectivity index (χ1v) is 9.05. The summed E-state index contributed by atoms with van der Waals surface area (Å²) in [7, 11) is 0. The van der Waals surface area contributed by atoms with Crippen molar-refractivity contribution in [2.45, 2.75) is 13.0 Å². The summed E-state index contributed by atoms with van der Waals surface area (Å²) in [6.07, 6.45) is 5.19. The fourth-order valence-corrected chi connectivity index (χ4v) is 2.95. The van der Waals surface area contributed by atoms with E-state index in [9.17, 15) is 9.90 Å². The third-order valence-corrected chi connectivity index (χ3v) is 4.54. The molecule has 2 aromatic heterocycles. The molecule has 0 aliphatic carbocycles. The van der Waals surface area contributed by atoms with Crippen molar-refractivity contribution < 1.29 is 9.90 Å². The van der Waals surface area contributed by atoms with E-state index in [1.54, 1.807) is 28.0 Å². The Morgan fingerprint density at radius 1 is 1.29 bits per heavy atom. The van der Waals surface area contributed by atoms with E-state index in [-0.39, 0.29) is 18.7 Å². The second kappa shape index (κ2) is 7.65. The van der Waals surface area contributed by atoms with Crippen molar-refractivity contribution in [3.8, 4) is 11.4 Å². The molecule has 9 nitrogen and oxygen atoms in total. The Hall–Kier alpha value is -3.46. The van der Waals surface area contributed by atoms with Crippen LogP contribution in [0.15, 0.2) is 48.9 Å². The second-order valence-corrected chi connectivity index (χ2v) is 6.56. The molecule has 1 aliphatic heterocycles. The van der Waals surface area contributed by atoms with Crippen LogP contribution in [0.25, 0.3) is 11.4 Å². The molecule has 0 spiro atoms. The van der Waals surface area contributed by atoms with Crippen LogP contribution in [0.2, 0.25) is 0 Å². The Morgan fingerprint density at radius 2 is 2.11 bits per heavy atom. The lowest BCUT2D eigenvalue weighted by molar-refractivity contribution is 0.230. The number of aliphatic hydroxyl groups excluding tert-OH is 1. The summed E-state index contributed by atoms with van der Waals surface area (Å²) in [5.41, 5.74) is 2.48. The summed E-state index contributed by atoms with van der Waals surface area (Å²) in [4.78, 5) is 22.4. The van der Waals surface area contributed by atoms with E-state index in [4.69, 9.17) is 0 Å².